The fourth-order valence-corrected chi connectivity index (χ4v) is 3.70. The number of nitrogens with one attached hydrogen (secondary N) is 1. The quantitative estimate of drug-likeness (QED) is 0.787. The molecule has 1 heterocycles. The lowest BCUT2D eigenvalue weighted by atomic mass is 9.70. The van der Waals surface area contributed by atoms with Crippen LogP contribution in [-0.4, -0.2) is 11.6 Å². The summed E-state index contributed by atoms with van der Waals surface area (Å²) < 4.78 is 0. The van der Waals surface area contributed by atoms with Crippen molar-refractivity contribution in [3.05, 3.63) is 22.5 Å². The van der Waals surface area contributed by atoms with E-state index in [9.17, 15) is 9.59 Å². The SMILES string of the molecule is CC(C)C1C2=C(CCCC2=O)NC2=C1C(=O)CCC2. The number of dihydropyridines is 1. The highest BCUT2D eigenvalue weighted by molar-refractivity contribution is 6.04. The van der Waals surface area contributed by atoms with Gasteiger partial charge in [-0.15, -0.1) is 0 Å². The maximum absolute atomic E-state index is 12.3. The van der Waals surface area contributed by atoms with Gasteiger partial charge in [-0.25, -0.2) is 0 Å². The Balaban J connectivity index is 2.11. The molecule has 0 aromatic heterocycles. The summed E-state index contributed by atoms with van der Waals surface area (Å²) in [5.74, 6) is 0.836. The van der Waals surface area contributed by atoms with Gasteiger partial charge in [-0.1, -0.05) is 13.8 Å². The van der Waals surface area contributed by atoms with Crippen LogP contribution in [0.3, 0.4) is 0 Å². The van der Waals surface area contributed by atoms with E-state index in [1.807, 2.05) is 0 Å². The molecule has 0 atom stereocenters. The summed E-state index contributed by atoms with van der Waals surface area (Å²) in [6, 6.07) is 0. The Kier molecular flexibility index (Phi) is 3.08. The number of ketones is 2. The number of rotatable bonds is 1. The molecule has 0 bridgehead atoms. The molecule has 3 rings (SSSR count). The van der Waals surface area contributed by atoms with Crippen molar-refractivity contribution in [2.75, 3.05) is 0 Å². The van der Waals surface area contributed by atoms with Gasteiger partial charge in [0, 0.05) is 41.3 Å². The molecule has 102 valence electrons. The van der Waals surface area contributed by atoms with Crippen LogP contribution in [0.15, 0.2) is 22.5 Å². The molecular formula is C16H21NO2. The number of allylic oxidation sites excluding steroid dienone is 4. The predicted molar refractivity (Wildman–Crippen MR) is 73.2 cm³/mol. The standard InChI is InChI=1S/C16H21NO2/c1-9(2)14-15-10(5-3-7-12(15)18)17-11-6-4-8-13(19)16(11)14/h9,14,17H,3-8H2,1-2H3. The minimum atomic E-state index is 0.0341. The summed E-state index contributed by atoms with van der Waals surface area (Å²) in [4.78, 5) is 24.6. The van der Waals surface area contributed by atoms with Crippen molar-refractivity contribution in [1.82, 2.24) is 5.32 Å². The summed E-state index contributed by atoms with van der Waals surface area (Å²) in [6.07, 6.45) is 5.06. The second-order valence-electron chi connectivity index (χ2n) is 6.18. The third kappa shape index (κ3) is 1.96. The zero-order chi connectivity index (χ0) is 13.6. The van der Waals surface area contributed by atoms with Gasteiger partial charge in [0.05, 0.1) is 0 Å². The summed E-state index contributed by atoms with van der Waals surface area (Å²) in [5.41, 5.74) is 4.03. The lowest BCUT2D eigenvalue weighted by Crippen LogP contribution is -2.39. The molecule has 1 N–H and O–H groups in total. The predicted octanol–water partition coefficient (Wildman–Crippen LogP) is 2.88. The number of carbonyl (C=O) groups is 2. The molecule has 1 aliphatic heterocycles. The van der Waals surface area contributed by atoms with Gasteiger partial charge in [-0.05, 0) is 31.6 Å². The van der Waals surface area contributed by atoms with Crippen LogP contribution in [0.1, 0.15) is 52.4 Å². The van der Waals surface area contributed by atoms with E-state index < -0.39 is 0 Å². The highest BCUT2D eigenvalue weighted by Gasteiger charge is 2.40. The molecule has 0 saturated heterocycles. The van der Waals surface area contributed by atoms with Gasteiger partial charge in [0.25, 0.3) is 0 Å². The monoisotopic (exact) mass is 259 g/mol. The van der Waals surface area contributed by atoms with Crippen molar-refractivity contribution in [2.45, 2.75) is 52.4 Å². The minimum Gasteiger partial charge on any atom is -0.362 e. The molecule has 3 nitrogen and oxygen atoms in total. The molecule has 3 heteroatoms. The van der Waals surface area contributed by atoms with Crippen LogP contribution in [0, 0.1) is 11.8 Å². The number of hydrogen-bond acceptors (Lipinski definition) is 3. The minimum absolute atomic E-state index is 0.0341. The maximum Gasteiger partial charge on any atom is 0.161 e. The largest absolute Gasteiger partial charge is 0.362 e. The van der Waals surface area contributed by atoms with Crippen LogP contribution in [0.25, 0.3) is 0 Å². The Labute approximate surface area is 114 Å². The average molecular weight is 259 g/mol. The van der Waals surface area contributed by atoms with Gasteiger partial charge in [-0.3, -0.25) is 9.59 Å². The Morgan fingerprint density at radius 1 is 0.895 bits per heavy atom. The summed E-state index contributed by atoms with van der Waals surface area (Å²) in [5, 5.41) is 3.42. The van der Waals surface area contributed by atoms with E-state index in [1.54, 1.807) is 0 Å². The second kappa shape index (κ2) is 4.62. The number of Topliss-reactive ketones (excluding diaryl/α,β-unsaturated/α-hetero) is 2. The van der Waals surface area contributed by atoms with Crippen molar-refractivity contribution >= 4 is 11.6 Å². The molecule has 19 heavy (non-hydrogen) atoms. The average Bonchev–Trinajstić information content (AvgIpc) is 2.37. The smallest absolute Gasteiger partial charge is 0.161 e. The van der Waals surface area contributed by atoms with E-state index in [4.69, 9.17) is 0 Å². The molecule has 0 radical (unpaired) electrons. The van der Waals surface area contributed by atoms with Gasteiger partial charge in [0.2, 0.25) is 0 Å². The van der Waals surface area contributed by atoms with E-state index in [0.717, 1.165) is 48.2 Å². The first-order chi connectivity index (χ1) is 9.09. The first-order valence-corrected chi connectivity index (χ1v) is 7.39. The molecule has 0 fully saturated rings. The third-order valence-electron chi connectivity index (χ3n) is 4.50. The maximum atomic E-state index is 12.3. The molecule has 0 aromatic carbocycles. The van der Waals surface area contributed by atoms with Crippen LogP contribution in [0.4, 0.5) is 0 Å². The molecule has 0 saturated carbocycles. The van der Waals surface area contributed by atoms with Crippen molar-refractivity contribution in [2.24, 2.45) is 11.8 Å². The first-order valence-electron chi connectivity index (χ1n) is 7.39. The van der Waals surface area contributed by atoms with Crippen LogP contribution >= 0.6 is 0 Å². The van der Waals surface area contributed by atoms with E-state index in [0.29, 0.717) is 18.8 Å². The van der Waals surface area contributed by atoms with Crippen molar-refractivity contribution in [3.63, 3.8) is 0 Å². The molecule has 0 aromatic rings. The van der Waals surface area contributed by atoms with Crippen molar-refractivity contribution < 1.29 is 9.59 Å². The zero-order valence-corrected chi connectivity index (χ0v) is 11.7. The molecule has 0 unspecified atom stereocenters. The normalized spacial score (nSPS) is 24.6. The van der Waals surface area contributed by atoms with Gasteiger partial charge >= 0.3 is 0 Å². The molecule has 0 amide bonds. The van der Waals surface area contributed by atoms with Gasteiger partial charge in [0.1, 0.15) is 0 Å². The van der Waals surface area contributed by atoms with Crippen LogP contribution in [0.5, 0.6) is 0 Å². The molecule has 2 aliphatic carbocycles. The summed E-state index contributed by atoms with van der Waals surface area (Å²) in [6.45, 7) is 4.24. The van der Waals surface area contributed by atoms with Crippen molar-refractivity contribution in [1.29, 1.82) is 0 Å². The Morgan fingerprint density at radius 2 is 1.37 bits per heavy atom. The summed E-state index contributed by atoms with van der Waals surface area (Å²) in [7, 11) is 0. The second-order valence-corrected chi connectivity index (χ2v) is 6.18. The van der Waals surface area contributed by atoms with Crippen LogP contribution in [0.2, 0.25) is 0 Å². The molecule has 3 aliphatic rings. The number of hydrogen-bond donors (Lipinski definition) is 1. The lowest BCUT2D eigenvalue weighted by molar-refractivity contribution is -0.117. The highest BCUT2D eigenvalue weighted by atomic mass is 16.1. The van der Waals surface area contributed by atoms with Crippen molar-refractivity contribution in [3.8, 4) is 0 Å². The Bertz CT molecular complexity index is 469. The van der Waals surface area contributed by atoms with Crippen LogP contribution in [-0.2, 0) is 9.59 Å². The van der Waals surface area contributed by atoms with E-state index in [-0.39, 0.29) is 17.5 Å². The molecular weight excluding hydrogens is 238 g/mol. The third-order valence-corrected chi connectivity index (χ3v) is 4.50. The number of carbonyl (C=O) groups excluding carboxylic acids is 2. The van der Waals surface area contributed by atoms with E-state index in [1.165, 1.54) is 0 Å². The first kappa shape index (κ1) is 12.6. The topological polar surface area (TPSA) is 46.2 Å². The van der Waals surface area contributed by atoms with Gasteiger partial charge in [-0.2, -0.15) is 0 Å². The lowest BCUT2D eigenvalue weighted by Gasteiger charge is -2.38. The molecule has 0 spiro atoms. The van der Waals surface area contributed by atoms with Gasteiger partial charge < -0.3 is 5.32 Å². The zero-order valence-electron chi connectivity index (χ0n) is 11.7. The van der Waals surface area contributed by atoms with Crippen LogP contribution < -0.4 is 5.32 Å². The van der Waals surface area contributed by atoms with E-state index in [2.05, 4.69) is 19.2 Å². The Hall–Kier alpha value is -1.38. The van der Waals surface area contributed by atoms with E-state index >= 15 is 0 Å². The fraction of sp³-hybridized carbons (Fsp3) is 0.625. The highest BCUT2D eigenvalue weighted by Crippen LogP contribution is 2.42. The summed E-state index contributed by atoms with van der Waals surface area (Å²) >= 11 is 0. The Morgan fingerprint density at radius 3 is 1.79 bits per heavy atom. The van der Waals surface area contributed by atoms with Gasteiger partial charge in [0.15, 0.2) is 11.6 Å². The fourth-order valence-electron chi connectivity index (χ4n) is 3.70.